The van der Waals surface area contributed by atoms with E-state index in [0.717, 1.165) is 93.7 Å². The molecule has 0 saturated carbocycles. The fourth-order valence-corrected chi connectivity index (χ4v) is 12.5. The van der Waals surface area contributed by atoms with Crippen LogP contribution in [0.2, 0.25) is 15.2 Å². The highest BCUT2D eigenvalue weighted by Gasteiger charge is 2.23. The molecule has 4 aromatic heterocycles. The third-order valence-electron chi connectivity index (χ3n) is 17.4. The number of hydrogen-bond acceptors (Lipinski definition) is 20. The number of hydrogen-bond donors (Lipinski definition) is 10. The summed E-state index contributed by atoms with van der Waals surface area (Å²) in [5.41, 5.74) is 3.84. The highest BCUT2D eigenvalue weighted by molar-refractivity contribution is 6.43. The van der Waals surface area contributed by atoms with Gasteiger partial charge < -0.3 is 98.4 Å². The zero-order chi connectivity index (χ0) is 94.7. The van der Waals surface area contributed by atoms with Crippen molar-refractivity contribution in [3.8, 4) is 103 Å². The molecule has 672 valence electrons. The van der Waals surface area contributed by atoms with E-state index in [9.17, 15) is 82.7 Å². The number of nitrogens with two attached hydrogens (primary N) is 1. The molecule has 0 bridgehead atoms. The average Bonchev–Trinajstić information content (AvgIpc) is 1.64. The zero-order valence-electron chi connectivity index (χ0n) is 67.7. The number of methoxy groups -OCH3 is 4. The first-order valence-electron chi connectivity index (χ1n) is 36.7. The van der Waals surface area contributed by atoms with Crippen molar-refractivity contribution in [2.45, 2.75) is 20.8 Å². The van der Waals surface area contributed by atoms with E-state index in [0.29, 0.717) is 69.7 Å². The molecular weight excluding hydrogens is 1790 g/mol. The van der Waals surface area contributed by atoms with Crippen LogP contribution in [0.25, 0.3) is 65.8 Å². The Bertz CT molecular complexity index is 6670. The number of anilines is 1. The van der Waals surface area contributed by atoms with Crippen LogP contribution < -0.4 is 29.4 Å². The Hall–Kier alpha value is -15.4. The Balaban J connectivity index is 0.000000171. The Morgan fingerprint density at radius 3 is 1.13 bits per heavy atom. The number of benzene rings is 12. The third kappa shape index (κ3) is 25.0. The van der Waals surface area contributed by atoms with E-state index in [4.69, 9.17) is 89.8 Å². The second-order valence-corrected chi connectivity index (χ2v) is 27.5. The number of nitrogens with zero attached hydrogens (tertiary/aromatic N) is 6. The average molecular weight is 1860 g/mol. The van der Waals surface area contributed by atoms with Gasteiger partial charge in [-0.25, -0.2) is 52.7 Å². The van der Waals surface area contributed by atoms with Crippen molar-refractivity contribution in [1.29, 1.82) is 0 Å². The molecule has 129 heavy (non-hydrogen) atoms. The van der Waals surface area contributed by atoms with Crippen LogP contribution in [0.3, 0.4) is 0 Å². The summed E-state index contributed by atoms with van der Waals surface area (Å²) in [5, 5.41) is 94.9. The van der Waals surface area contributed by atoms with E-state index in [1.165, 1.54) is 95.9 Å². The van der Waals surface area contributed by atoms with Crippen LogP contribution in [0.15, 0.2) is 230 Å². The lowest BCUT2D eigenvalue weighted by atomic mass is 10.2. The van der Waals surface area contributed by atoms with E-state index in [1.807, 2.05) is 0 Å². The molecule has 16 rings (SSSR count). The van der Waals surface area contributed by atoms with E-state index >= 15 is 0 Å². The van der Waals surface area contributed by atoms with Crippen molar-refractivity contribution in [2.75, 3.05) is 40.8 Å². The van der Waals surface area contributed by atoms with Crippen LogP contribution in [0.4, 0.5) is 69.7 Å². The van der Waals surface area contributed by atoms with Crippen LogP contribution in [0, 0.1) is 69.8 Å². The van der Waals surface area contributed by atoms with Gasteiger partial charge in [0.25, 0.3) is 0 Å². The molecule has 0 atom stereocenters. The van der Waals surface area contributed by atoms with Crippen LogP contribution in [-0.2, 0) is 14.3 Å². The number of rotatable bonds is 12. The minimum Gasteiger partial charge on any atom is -0.508 e. The Morgan fingerprint density at radius 2 is 0.721 bits per heavy atom. The summed E-state index contributed by atoms with van der Waals surface area (Å²) < 4.78 is 197. The molecule has 0 amide bonds. The number of halogens is 15. The molecule has 39 heteroatoms. The summed E-state index contributed by atoms with van der Waals surface area (Å²) in [7, 11) is 6.06. The molecule has 16 aromatic rings. The predicted octanol–water partition coefficient (Wildman–Crippen LogP) is 23.1. The van der Waals surface area contributed by atoms with Crippen molar-refractivity contribution in [2.24, 2.45) is 10.2 Å². The van der Waals surface area contributed by atoms with Gasteiger partial charge in [0.1, 0.15) is 126 Å². The van der Waals surface area contributed by atoms with Gasteiger partial charge in [-0.1, -0.05) is 34.8 Å². The number of azo groups is 1. The lowest BCUT2D eigenvalue weighted by Crippen LogP contribution is -2.05. The van der Waals surface area contributed by atoms with Gasteiger partial charge in [0, 0.05) is 191 Å². The molecule has 0 aliphatic heterocycles. The summed E-state index contributed by atoms with van der Waals surface area (Å²) in [6, 6.07) is 36.2. The largest absolute Gasteiger partial charge is 0.508 e. The first-order valence-corrected chi connectivity index (χ1v) is 37.9. The second kappa shape index (κ2) is 43.5. The van der Waals surface area contributed by atoms with Gasteiger partial charge in [0.15, 0.2) is 63.9 Å². The van der Waals surface area contributed by atoms with Crippen molar-refractivity contribution < 1.29 is 137 Å². The zero-order valence-corrected chi connectivity index (χ0v) is 70.0. The van der Waals surface area contributed by atoms with Crippen molar-refractivity contribution in [1.82, 2.24) is 18.3 Å². The number of esters is 2. The Morgan fingerprint density at radius 1 is 0.357 bits per heavy atom. The highest BCUT2D eigenvalue weighted by Crippen LogP contribution is 2.42. The summed E-state index contributed by atoms with van der Waals surface area (Å²) in [5.74, 6) is -12.3. The van der Waals surface area contributed by atoms with Crippen molar-refractivity contribution in [3.05, 3.63) is 304 Å². The highest BCUT2D eigenvalue weighted by atomic mass is 35.5. The van der Waals surface area contributed by atoms with Gasteiger partial charge in [-0.05, 0) is 91.9 Å². The SMILES string of the molecule is CCOC(C)=O.COc1ccc(N)c(O)c1.COc1ccc(N=Nc2c(F)cc(O)cc2F)c(O)c1.COc1ccc2cn(-c3c(F)cc(O)cc3F)cc2c1.COc1ccc2cn(-c3c(F)cc(OC(C)=O)cc3F)cc2c1.Oc1cc(F)c(-n2cc3ccc(O)c(Cl)c3c2)c(F)c1.Oc1cc(F)c(-n2cc3ccc(O)c(Cl)c3c2Cl)c(F)c1.Oc1cc(F)cc(F)c1. The summed E-state index contributed by atoms with van der Waals surface area (Å²) >= 11 is 18.0. The third-order valence-corrected chi connectivity index (χ3v) is 18.6. The molecule has 24 nitrogen and oxygen atoms in total. The topological polar surface area (TPSA) is 342 Å². The van der Waals surface area contributed by atoms with Crippen LogP contribution >= 0.6 is 34.8 Å². The van der Waals surface area contributed by atoms with Crippen molar-refractivity contribution in [3.63, 3.8) is 0 Å². The second-order valence-electron chi connectivity index (χ2n) is 26.4. The maximum absolute atomic E-state index is 14.2. The van der Waals surface area contributed by atoms with Gasteiger partial charge in [0.05, 0.1) is 50.8 Å². The molecule has 0 radical (unpaired) electrons. The van der Waals surface area contributed by atoms with E-state index < -0.39 is 116 Å². The summed E-state index contributed by atoms with van der Waals surface area (Å²) in [4.78, 5) is 20.7. The number of fused-ring (bicyclic) bond motifs is 4. The van der Waals surface area contributed by atoms with Gasteiger partial charge in [0.2, 0.25) is 0 Å². The van der Waals surface area contributed by atoms with Crippen LogP contribution in [0.1, 0.15) is 20.8 Å². The molecule has 0 aliphatic carbocycles. The standard InChI is InChI=1S/C17H13F2NO3.C15H11F2NO2.C14H7Cl2F2NO2.C14H8ClF2NO2.C13H10F2N2O3.C7H9NO2.C6H4F2O.C4H8O2/c1-10(21)23-14-6-15(18)17(16(19)7-14)20-8-11-3-4-13(22-2)5-12(11)9-20;1-20-12-3-2-9-7-18(8-10(9)4-12)15-13(16)5-11(19)6-14(15)17;15-12-10(21)2-1-6-5-19(14(16)11(6)12)13-8(17)3-7(20)4-9(13)18;15-13-9-6-18(5-7(9)1-2-12(13)20)14-10(16)3-8(19)4-11(14)17;1-20-8-2-3-11(12(19)6-8)16-17-13-9(14)4-7(18)5-10(13)15;1-10-5-2-3-6(8)7(9)4-5;7-4-1-5(8)3-6(9)2-4;1-3-6-4(2)5/h3-9H,1-2H3;2-8,19H,1H3;1-5,20-21H;1-6,19-20H;2-6,18-19H,1H3;2-4,9H,8H2,1H3;1-3,9H;3H2,1-2H3. The maximum atomic E-state index is 14.2. The number of phenols is 9. The lowest BCUT2D eigenvalue weighted by Gasteiger charge is -2.08. The number of aromatic hydroxyl groups is 9. The number of carbonyl (C=O) groups is 2. The van der Waals surface area contributed by atoms with E-state index in [-0.39, 0.29) is 78.1 Å². The fraction of sp³-hybridized carbons (Fsp3) is 0.0889. The molecule has 0 saturated heterocycles. The Labute approximate surface area is 737 Å². The number of nitrogen functional groups attached to an aromatic ring is 1. The Kier molecular flexibility index (Phi) is 32.8. The first-order chi connectivity index (χ1) is 61.1. The maximum Gasteiger partial charge on any atom is 0.308 e. The van der Waals surface area contributed by atoms with Crippen molar-refractivity contribution >= 4 is 107 Å². The van der Waals surface area contributed by atoms with Gasteiger partial charge >= 0.3 is 11.9 Å². The molecular formula is C90H70Cl3F12N7O17. The lowest BCUT2D eigenvalue weighted by molar-refractivity contribution is -0.140. The quantitative estimate of drug-likeness (QED) is 0.0136. The molecule has 0 spiro atoms. The molecule has 0 fully saturated rings. The van der Waals surface area contributed by atoms with Gasteiger partial charge in [-0.2, -0.15) is 0 Å². The van der Waals surface area contributed by atoms with Crippen LogP contribution in [0.5, 0.6) is 80.5 Å². The summed E-state index contributed by atoms with van der Waals surface area (Å²) in [6.45, 7) is 4.82. The molecule has 4 heterocycles. The minimum atomic E-state index is -1.06. The van der Waals surface area contributed by atoms with E-state index in [2.05, 4.69) is 15.0 Å². The minimum absolute atomic E-state index is 0.00385. The normalized spacial score (nSPS) is 10.6. The van der Waals surface area contributed by atoms with Crippen LogP contribution in [-0.4, -0.2) is 111 Å². The van der Waals surface area contributed by atoms with Gasteiger partial charge in [-0.3, -0.25) is 9.59 Å². The predicted molar refractivity (Wildman–Crippen MR) is 457 cm³/mol. The smallest absolute Gasteiger partial charge is 0.308 e. The fourth-order valence-electron chi connectivity index (χ4n) is 11.7. The molecule has 12 aromatic carbocycles. The van der Waals surface area contributed by atoms with E-state index in [1.54, 1.807) is 101 Å². The molecule has 0 aliphatic rings. The number of phenolic OH excluding ortho intramolecular Hbond substituents is 9. The summed E-state index contributed by atoms with van der Waals surface area (Å²) in [6.07, 6.45) is 10.7. The number of aromatic nitrogens is 4. The number of ether oxygens (including phenoxy) is 6. The monoisotopic (exact) mass is 1850 g/mol. The first kappa shape index (κ1) is 97.4. The number of carbonyl (C=O) groups excluding carboxylic acids is 2. The molecule has 11 N–H and O–H groups in total. The molecule has 0 unspecified atom stereocenters. The van der Waals surface area contributed by atoms with Gasteiger partial charge in [-0.15, -0.1) is 10.2 Å².